The molecular weight excluding hydrogens is 430 g/mol. The molecule has 5 heteroatoms. The molecule has 1 aliphatic heterocycles. The van der Waals surface area contributed by atoms with Gasteiger partial charge < -0.3 is 0 Å². The lowest BCUT2D eigenvalue weighted by Crippen LogP contribution is -2.38. The highest BCUT2D eigenvalue weighted by atomic mass is 79.9. The lowest BCUT2D eigenvalue weighted by molar-refractivity contribution is -0.124. The van der Waals surface area contributed by atoms with Gasteiger partial charge in [-0.3, -0.25) is 14.4 Å². The number of amides is 2. The number of benzene rings is 1. The van der Waals surface area contributed by atoms with Crippen molar-refractivity contribution in [3.8, 4) is 0 Å². The van der Waals surface area contributed by atoms with E-state index >= 15 is 0 Å². The Balaban J connectivity index is 2.04. The summed E-state index contributed by atoms with van der Waals surface area (Å²) in [6.45, 7) is 10.3. The van der Waals surface area contributed by atoms with Gasteiger partial charge in [0.2, 0.25) is 11.8 Å². The summed E-state index contributed by atoms with van der Waals surface area (Å²) in [5, 5.41) is 0. The second-order valence-corrected chi connectivity index (χ2v) is 10.4. The van der Waals surface area contributed by atoms with Crippen molar-refractivity contribution in [2.24, 2.45) is 11.3 Å². The van der Waals surface area contributed by atoms with Crippen molar-refractivity contribution in [3.05, 3.63) is 39.9 Å². The number of nitrogens with zero attached hydrogens (tertiary/aromatic N) is 1. The number of allylic oxidation sites excluding steroid dienone is 2. The van der Waals surface area contributed by atoms with Gasteiger partial charge in [-0.2, -0.15) is 0 Å². The molecule has 1 aliphatic carbocycles. The van der Waals surface area contributed by atoms with Crippen LogP contribution in [0.2, 0.25) is 0 Å². The fraction of sp³-hybridized carbons (Fsp3) is 0.542. The SMILES string of the molecule is CC[C@](C)(C1=CC(=O)CCC1)[C@H]1CC(=O)N(c2ccc(Br)cc2C(C)(C)C)C1=O. The number of rotatable bonds is 4. The Morgan fingerprint density at radius 1 is 1.10 bits per heavy atom. The molecule has 0 spiro atoms. The first-order chi connectivity index (χ1) is 13.5. The maximum absolute atomic E-state index is 13.6. The van der Waals surface area contributed by atoms with Crippen LogP contribution in [0.3, 0.4) is 0 Å². The maximum Gasteiger partial charge on any atom is 0.238 e. The van der Waals surface area contributed by atoms with Crippen LogP contribution in [0.25, 0.3) is 0 Å². The topological polar surface area (TPSA) is 54.5 Å². The standard InChI is InChI=1S/C24H30BrNO3/c1-6-24(5,15-8-7-9-17(27)12-15)19-14-21(28)26(22(19)29)20-11-10-16(25)13-18(20)23(2,3)4/h10-13,19H,6-9,14H2,1-5H3/t19-,24+/m0/s1. The Bertz CT molecular complexity index is 896. The molecule has 1 heterocycles. The number of anilines is 1. The van der Waals surface area contributed by atoms with Gasteiger partial charge in [0.15, 0.2) is 5.78 Å². The van der Waals surface area contributed by atoms with Crippen LogP contribution in [0.5, 0.6) is 0 Å². The van der Waals surface area contributed by atoms with E-state index in [4.69, 9.17) is 0 Å². The molecule has 0 N–H and O–H groups in total. The summed E-state index contributed by atoms with van der Waals surface area (Å²) in [7, 11) is 0. The summed E-state index contributed by atoms with van der Waals surface area (Å²) in [6.07, 6.45) is 4.85. The molecule has 156 valence electrons. The van der Waals surface area contributed by atoms with E-state index in [1.807, 2.05) is 32.0 Å². The average molecular weight is 460 g/mol. The van der Waals surface area contributed by atoms with Crippen LogP contribution >= 0.6 is 15.9 Å². The van der Waals surface area contributed by atoms with Crippen LogP contribution in [-0.4, -0.2) is 17.6 Å². The van der Waals surface area contributed by atoms with E-state index in [2.05, 4.69) is 36.7 Å². The van der Waals surface area contributed by atoms with E-state index in [-0.39, 0.29) is 29.4 Å². The molecule has 1 saturated heterocycles. The minimum Gasteiger partial charge on any atom is -0.295 e. The molecule has 0 radical (unpaired) electrons. The quantitative estimate of drug-likeness (QED) is 0.540. The van der Waals surface area contributed by atoms with Crippen molar-refractivity contribution in [1.29, 1.82) is 0 Å². The monoisotopic (exact) mass is 459 g/mol. The minimum atomic E-state index is -0.477. The summed E-state index contributed by atoms with van der Waals surface area (Å²) in [5.41, 5.74) is 1.96. The summed E-state index contributed by atoms with van der Waals surface area (Å²) in [4.78, 5) is 40.1. The molecule has 0 unspecified atom stereocenters. The number of hydrogen-bond acceptors (Lipinski definition) is 3. The third kappa shape index (κ3) is 3.98. The second-order valence-electron chi connectivity index (χ2n) is 9.50. The Morgan fingerprint density at radius 2 is 1.79 bits per heavy atom. The third-order valence-electron chi connectivity index (χ3n) is 6.60. The fourth-order valence-electron chi connectivity index (χ4n) is 4.63. The van der Waals surface area contributed by atoms with Gasteiger partial charge >= 0.3 is 0 Å². The summed E-state index contributed by atoms with van der Waals surface area (Å²) in [5.74, 6) is -0.613. The molecule has 0 bridgehead atoms. The highest BCUT2D eigenvalue weighted by Gasteiger charge is 2.50. The van der Waals surface area contributed by atoms with E-state index in [1.165, 1.54) is 4.90 Å². The van der Waals surface area contributed by atoms with Crippen LogP contribution in [-0.2, 0) is 19.8 Å². The largest absolute Gasteiger partial charge is 0.295 e. The Kier molecular flexibility index (Phi) is 5.92. The summed E-state index contributed by atoms with van der Waals surface area (Å²) < 4.78 is 0.922. The lowest BCUT2D eigenvalue weighted by Gasteiger charge is -2.37. The summed E-state index contributed by atoms with van der Waals surface area (Å²) in [6, 6.07) is 5.72. The van der Waals surface area contributed by atoms with Gasteiger partial charge in [-0.15, -0.1) is 0 Å². The first-order valence-electron chi connectivity index (χ1n) is 10.4. The fourth-order valence-corrected chi connectivity index (χ4v) is 4.99. The normalized spacial score (nSPS) is 22.7. The molecule has 3 rings (SSSR count). The van der Waals surface area contributed by atoms with Gasteiger partial charge in [-0.1, -0.05) is 56.1 Å². The Morgan fingerprint density at radius 3 is 2.38 bits per heavy atom. The molecule has 2 amide bonds. The van der Waals surface area contributed by atoms with Crippen LogP contribution in [0.15, 0.2) is 34.3 Å². The van der Waals surface area contributed by atoms with Gasteiger partial charge in [0, 0.05) is 22.7 Å². The lowest BCUT2D eigenvalue weighted by atomic mass is 9.66. The third-order valence-corrected chi connectivity index (χ3v) is 7.09. The zero-order chi connectivity index (χ0) is 21.6. The van der Waals surface area contributed by atoms with E-state index in [1.54, 1.807) is 6.08 Å². The number of ketones is 1. The molecule has 4 nitrogen and oxygen atoms in total. The minimum absolute atomic E-state index is 0.127. The molecule has 29 heavy (non-hydrogen) atoms. The van der Waals surface area contributed by atoms with Gasteiger partial charge in [-0.05, 0) is 54.5 Å². The number of carbonyl (C=O) groups excluding carboxylic acids is 3. The first-order valence-corrected chi connectivity index (χ1v) is 11.2. The molecule has 0 aromatic heterocycles. The Hall–Kier alpha value is -1.75. The maximum atomic E-state index is 13.6. The smallest absolute Gasteiger partial charge is 0.238 e. The highest BCUT2D eigenvalue weighted by molar-refractivity contribution is 9.10. The van der Waals surface area contributed by atoms with Crippen molar-refractivity contribution in [2.75, 3.05) is 4.90 Å². The second kappa shape index (κ2) is 7.82. The molecule has 2 aliphatic rings. The highest BCUT2D eigenvalue weighted by Crippen LogP contribution is 2.48. The molecule has 0 saturated carbocycles. The van der Waals surface area contributed by atoms with Gasteiger partial charge in [0.05, 0.1) is 11.6 Å². The number of imide groups is 1. The van der Waals surface area contributed by atoms with Crippen LogP contribution in [0.1, 0.15) is 72.3 Å². The van der Waals surface area contributed by atoms with Crippen molar-refractivity contribution in [3.63, 3.8) is 0 Å². The van der Waals surface area contributed by atoms with Gasteiger partial charge in [-0.25, -0.2) is 4.90 Å². The van der Waals surface area contributed by atoms with Gasteiger partial charge in [0.25, 0.3) is 0 Å². The van der Waals surface area contributed by atoms with E-state index in [0.717, 1.165) is 34.9 Å². The Labute approximate surface area is 181 Å². The van der Waals surface area contributed by atoms with Gasteiger partial charge in [0.1, 0.15) is 0 Å². The van der Waals surface area contributed by atoms with Crippen LogP contribution in [0, 0.1) is 11.3 Å². The van der Waals surface area contributed by atoms with Crippen molar-refractivity contribution in [1.82, 2.24) is 0 Å². The zero-order valence-electron chi connectivity index (χ0n) is 18.0. The number of carbonyl (C=O) groups is 3. The van der Waals surface area contributed by atoms with E-state index in [9.17, 15) is 14.4 Å². The molecular formula is C24H30BrNO3. The molecule has 1 aromatic carbocycles. The van der Waals surface area contributed by atoms with Crippen LogP contribution in [0.4, 0.5) is 5.69 Å². The molecule has 1 aromatic rings. The number of halogens is 1. The zero-order valence-corrected chi connectivity index (χ0v) is 19.6. The first kappa shape index (κ1) is 21.9. The predicted octanol–water partition coefficient (Wildman–Crippen LogP) is 5.72. The average Bonchev–Trinajstić information content (AvgIpc) is 2.95. The molecule has 2 atom stereocenters. The summed E-state index contributed by atoms with van der Waals surface area (Å²) >= 11 is 3.51. The van der Waals surface area contributed by atoms with Crippen molar-refractivity contribution in [2.45, 2.75) is 72.1 Å². The van der Waals surface area contributed by atoms with Crippen molar-refractivity contribution < 1.29 is 14.4 Å². The van der Waals surface area contributed by atoms with E-state index < -0.39 is 11.3 Å². The van der Waals surface area contributed by atoms with Crippen molar-refractivity contribution >= 4 is 39.2 Å². The van der Waals surface area contributed by atoms with E-state index in [0.29, 0.717) is 12.1 Å². The number of hydrogen-bond donors (Lipinski definition) is 0. The molecule has 1 fully saturated rings. The van der Waals surface area contributed by atoms with Crippen LogP contribution < -0.4 is 4.90 Å². The predicted molar refractivity (Wildman–Crippen MR) is 119 cm³/mol.